The first-order valence-electron chi connectivity index (χ1n) is 5.63. The number of sulfonamides is 1. The first-order chi connectivity index (χ1) is 9.44. The Kier molecular flexibility index (Phi) is 4.64. The zero-order valence-electron chi connectivity index (χ0n) is 10.5. The van der Waals surface area contributed by atoms with E-state index in [1.54, 1.807) is 13.1 Å². The van der Waals surface area contributed by atoms with Crippen LogP contribution in [0.2, 0.25) is 5.02 Å². The van der Waals surface area contributed by atoms with Gasteiger partial charge in [-0.1, -0.05) is 17.7 Å². The van der Waals surface area contributed by atoms with Crippen molar-refractivity contribution < 1.29 is 12.8 Å². The molecule has 0 saturated carbocycles. The van der Waals surface area contributed by atoms with Crippen LogP contribution in [0, 0.1) is 5.82 Å². The van der Waals surface area contributed by atoms with E-state index in [0.717, 1.165) is 4.88 Å². The Morgan fingerprint density at radius 3 is 2.85 bits per heavy atom. The van der Waals surface area contributed by atoms with E-state index in [9.17, 15) is 12.8 Å². The van der Waals surface area contributed by atoms with Crippen LogP contribution in [0.5, 0.6) is 0 Å². The summed E-state index contributed by atoms with van der Waals surface area (Å²) in [5.74, 6) is -0.789. The third-order valence-corrected chi connectivity index (χ3v) is 5.21. The van der Waals surface area contributed by atoms with E-state index in [2.05, 4.69) is 10.0 Å². The molecule has 0 aliphatic heterocycles. The van der Waals surface area contributed by atoms with E-state index < -0.39 is 15.8 Å². The number of halogens is 2. The molecule has 0 aliphatic carbocycles. The fourth-order valence-corrected chi connectivity index (χ4v) is 4.08. The average Bonchev–Trinajstić information content (AvgIpc) is 2.85. The molecule has 0 unspecified atom stereocenters. The molecule has 1 heterocycles. The van der Waals surface area contributed by atoms with Crippen molar-refractivity contribution in [3.8, 4) is 0 Å². The van der Waals surface area contributed by atoms with Crippen LogP contribution >= 0.6 is 22.9 Å². The van der Waals surface area contributed by atoms with Gasteiger partial charge >= 0.3 is 0 Å². The van der Waals surface area contributed by atoms with Gasteiger partial charge in [0, 0.05) is 16.8 Å². The van der Waals surface area contributed by atoms with E-state index in [1.807, 2.05) is 0 Å². The predicted molar refractivity (Wildman–Crippen MR) is 79.3 cm³/mol. The molecule has 4 nitrogen and oxygen atoms in total. The Morgan fingerprint density at radius 1 is 1.40 bits per heavy atom. The van der Waals surface area contributed by atoms with Crippen LogP contribution in [0.1, 0.15) is 4.88 Å². The van der Waals surface area contributed by atoms with Gasteiger partial charge in [-0.25, -0.2) is 12.8 Å². The fourth-order valence-electron chi connectivity index (χ4n) is 1.55. The molecule has 2 N–H and O–H groups in total. The van der Waals surface area contributed by atoms with Crippen molar-refractivity contribution in [2.45, 2.75) is 11.4 Å². The van der Waals surface area contributed by atoms with Crippen molar-refractivity contribution >= 4 is 38.6 Å². The largest absolute Gasteiger partial charge is 0.315 e. The average molecular weight is 335 g/mol. The predicted octanol–water partition coefficient (Wildman–Crippen LogP) is 3.06. The number of hydrogen-bond donors (Lipinski definition) is 2. The number of anilines is 1. The lowest BCUT2D eigenvalue weighted by atomic mass is 10.3. The minimum absolute atomic E-state index is 0.104. The number of nitrogens with one attached hydrogen (secondary N) is 2. The van der Waals surface area contributed by atoms with E-state index in [4.69, 9.17) is 11.6 Å². The maximum atomic E-state index is 13.7. The van der Waals surface area contributed by atoms with Gasteiger partial charge in [0.15, 0.2) is 5.82 Å². The highest BCUT2D eigenvalue weighted by Gasteiger charge is 2.18. The van der Waals surface area contributed by atoms with Crippen LogP contribution in [0.25, 0.3) is 0 Å². The highest BCUT2D eigenvalue weighted by molar-refractivity contribution is 7.92. The first-order valence-corrected chi connectivity index (χ1v) is 8.37. The summed E-state index contributed by atoms with van der Waals surface area (Å²) in [5, 5.41) is 4.31. The van der Waals surface area contributed by atoms with Gasteiger partial charge in [0.05, 0.1) is 15.6 Å². The summed E-state index contributed by atoms with van der Waals surface area (Å²) >= 11 is 6.94. The third kappa shape index (κ3) is 3.29. The van der Waals surface area contributed by atoms with Crippen LogP contribution in [-0.4, -0.2) is 15.5 Å². The molecule has 0 radical (unpaired) electrons. The summed E-state index contributed by atoms with van der Waals surface area (Å²) in [5.41, 5.74) is -0.168. The second kappa shape index (κ2) is 6.09. The molecule has 20 heavy (non-hydrogen) atoms. The highest BCUT2D eigenvalue weighted by atomic mass is 35.5. The van der Waals surface area contributed by atoms with Crippen LogP contribution in [0.3, 0.4) is 0 Å². The summed E-state index contributed by atoms with van der Waals surface area (Å²) in [7, 11) is -2.04. The molecule has 0 aliphatic rings. The SMILES string of the molecule is CNCc1cc(S(=O)(=O)Nc2cccc(Cl)c2F)cs1. The van der Waals surface area contributed by atoms with Gasteiger partial charge < -0.3 is 5.32 Å². The number of benzene rings is 1. The molecule has 0 saturated heterocycles. The van der Waals surface area contributed by atoms with Crippen molar-refractivity contribution in [1.29, 1.82) is 0 Å². The fraction of sp³-hybridized carbons (Fsp3) is 0.167. The van der Waals surface area contributed by atoms with Crippen molar-refractivity contribution in [3.63, 3.8) is 0 Å². The Balaban J connectivity index is 2.28. The van der Waals surface area contributed by atoms with E-state index in [1.165, 1.54) is 34.9 Å². The van der Waals surface area contributed by atoms with E-state index >= 15 is 0 Å². The van der Waals surface area contributed by atoms with Gasteiger partial charge in [-0.05, 0) is 25.2 Å². The highest BCUT2D eigenvalue weighted by Crippen LogP contribution is 2.26. The number of hydrogen-bond acceptors (Lipinski definition) is 4. The monoisotopic (exact) mass is 334 g/mol. The van der Waals surface area contributed by atoms with Crippen molar-refractivity contribution in [2.75, 3.05) is 11.8 Å². The minimum atomic E-state index is -3.82. The molecular formula is C12H12ClFN2O2S2. The van der Waals surface area contributed by atoms with Gasteiger partial charge in [-0.3, -0.25) is 4.72 Å². The van der Waals surface area contributed by atoms with Gasteiger partial charge in [-0.15, -0.1) is 11.3 Å². The van der Waals surface area contributed by atoms with Gasteiger partial charge in [0.2, 0.25) is 0 Å². The topological polar surface area (TPSA) is 58.2 Å². The van der Waals surface area contributed by atoms with Gasteiger partial charge in [0.1, 0.15) is 0 Å². The lowest BCUT2D eigenvalue weighted by Gasteiger charge is -2.08. The molecule has 0 amide bonds. The smallest absolute Gasteiger partial charge is 0.262 e. The summed E-state index contributed by atoms with van der Waals surface area (Å²) in [6.07, 6.45) is 0. The summed E-state index contributed by atoms with van der Waals surface area (Å²) in [6, 6.07) is 5.69. The molecule has 1 aromatic carbocycles. The van der Waals surface area contributed by atoms with Crippen molar-refractivity contribution in [1.82, 2.24) is 5.32 Å². The van der Waals surface area contributed by atoms with Crippen LogP contribution < -0.4 is 10.0 Å². The van der Waals surface area contributed by atoms with Gasteiger partial charge in [0.25, 0.3) is 10.0 Å². The molecule has 108 valence electrons. The van der Waals surface area contributed by atoms with E-state index in [0.29, 0.717) is 6.54 Å². The molecule has 0 spiro atoms. The summed E-state index contributed by atoms with van der Waals surface area (Å²) in [6.45, 7) is 0.575. The molecule has 0 atom stereocenters. The zero-order valence-corrected chi connectivity index (χ0v) is 12.9. The first kappa shape index (κ1) is 15.2. The Morgan fingerprint density at radius 2 is 2.15 bits per heavy atom. The second-order valence-corrected chi connectivity index (χ2v) is 7.07. The molecule has 2 rings (SSSR count). The van der Waals surface area contributed by atoms with Crippen LogP contribution in [-0.2, 0) is 16.6 Å². The Hall–Kier alpha value is -1.15. The molecule has 8 heteroatoms. The normalized spacial score (nSPS) is 11.6. The molecule has 2 aromatic rings. The molecule has 0 fully saturated rings. The van der Waals surface area contributed by atoms with Gasteiger partial charge in [-0.2, -0.15) is 0 Å². The Bertz CT molecular complexity index is 716. The molecule has 0 bridgehead atoms. The minimum Gasteiger partial charge on any atom is -0.315 e. The standard InChI is InChI=1S/C12H12ClFN2O2S2/c1-15-6-8-5-9(7-19-8)20(17,18)16-11-4-2-3-10(13)12(11)14/h2-5,7,15-16H,6H2,1H3. The number of rotatable bonds is 5. The van der Waals surface area contributed by atoms with Crippen LogP contribution in [0.15, 0.2) is 34.5 Å². The second-order valence-electron chi connectivity index (χ2n) is 3.99. The van der Waals surface area contributed by atoms with E-state index in [-0.39, 0.29) is 15.6 Å². The molecular weight excluding hydrogens is 323 g/mol. The zero-order chi connectivity index (χ0) is 14.8. The summed E-state index contributed by atoms with van der Waals surface area (Å²) in [4.78, 5) is 0.978. The molecule has 1 aromatic heterocycles. The van der Waals surface area contributed by atoms with Crippen molar-refractivity contribution in [3.05, 3.63) is 45.4 Å². The maximum Gasteiger partial charge on any atom is 0.262 e. The third-order valence-electron chi connectivity index (χ3n) is 2.49. The lowest BCUT2D eigenvalue weighted by molar-refractivity contribution is 0.599. The van der Waals surface area contributed by atoms with Crippen LogP contribution in [0.4, 0.5) is 10.1 Å². The summed E-state index contributed by atoms with van der Waals surface area (Å²) < 4.78 is 40.2. The van der Waals surface area contributed by atoms with Crippen molar-refractivity contribution in [2.24, 2.45) is 0 Å². The maximum absolute atomic E-state index is 13.7. The Labute approximate surface area is 125 Å². The lowest BCUT2D eigenvalue weighted by Crippen LogP contribution is -2.13. The number of thiophene rings is 1. The quantitative estimate of drug-likeness (QED) is 0.883.